The molecule has 4 rings (SSSR count). The Hall–Kier alpha value is -2.75. The maximum atomic E-state index is 13.4. The summed E-state index contributed by atoms with van der Waals surface area (Å²) in [6.07, 6.45) is 2.32. The lowest BCUT2D eigenvalue weighted by atomic mass is 9.97. The molecule has 3 heterocycles. The van der Waals surface area contributed by atoms with Gasteiger partial charge in [-0.1, -0.05) is 25.1 Å². The molecular weight excluding hydrogens is 440 g/mol. The van der Waals surface area contributed by atoms with Crippen LogP contribution in [0.25, 0.3) is 10.9 Å². The van der Waals surface area contributed by atoms with Crippen LogP contribution in [0.1, 0.15) is 35.1 Å². The summed E-state index contributed by atoms with van der Waals surface area (Å²) in [5.41, 5.74) is 2.64. The van der Waals surface area contributed by atoms with Crippen LogP contribution >= 0.6 is 0 Å². The number of aromatic nitrogens is 2. The number of benzene rings is 1. The summed E-state index contributed by atoms with van der Waals surface area (Å²) >= 11 is 0. The van der Waals surface area contributed by atoms with E-state index in [1.807, 2.05) is 30.3 Å². The Labute approximate surface area is 194 Å². The summed E-state index contributed by atoms with van der Waals surface area (Å²) in [7, 11) is -0.426. The summed E-state index contributed by atoms with van der Waals surface area (Å²) in [5.74, 6) is -0.0334. The SMILES string of the molecule is CO[C@H]1CN(S(=O)(=O)c2cc(C(=O)NCc3cccc4ncccc34)n(C)c2C)CC[C@@H]1C. The van der Waals surface area contributed by atoms with Gasteiger partial charge in [-0.3, -0.25) is 9.78 Å². The van der Waals surface area contributed by atoms with Gasteiger partial charge in [-0.2, -0.15) is 4.31 Å². The Morgan fingerprint density at radius 1 is 1.27 bits per heavy atom. The molecule has 2 aromatic heterocycles. The number of nitrogens with zero attached hydrogens (tertiary/aromatic N) is 3. The maximum Gasteiger partial charge on any atom is 0.268 e. The lowest BCUT2D eigenvalue weighted by molar-refractivity contribution is 0.0183. The van der Waals surface area contributed by atoms with Crippen LogP contribution < -0.4 is 5.32 Å². The van der Waals surface area contributed by atoms with E-state index < -0.39 is 10.0 Å². The number of methoxy groups -OCH3 is 1. The van der Waals surface area contributed by atoms with Crippen molar-refractivity contribution in [2.75, 3.05) is 20.2 Å². The first-order valence-electron chi connectivity index (χ1n) is 11.0. The Bertz CT molecular complexity index is 1280. The van der Waals surface area contributed by atoms with E-state index in [0.29, 0.717) is 36.9 Å². The van der Waals surface area contributed by atoms with Gasteiger partial charge in [0.25, 0.3) is 5.91 Å². The predicted octanol–water partition coefficient (Wildman–Crippen LogP) is 2.86. The third-order valence-corrected chi connectivity index (χ3v) is 8.65. The summed E-state index contributed by atoms with van der Waals surface area (Å²) in [4.78, 5) is 17.5. The number of rotatable bonds is 6. The van der Waals surface area contributed by atoms with Crippen molar-refractivity contribution in [3.8, 4) is 0 Å². The summed E-state index contributed by atoms with van der Waals surface area (Å²) in [5, 5.41) is 3.90. The van der Waals surface area contributed by atoms with Crippen LogP contribution in [0.2, 0.25) is 0 Å². The zero-order valence-corrected chi connectivity index (χ0v) is 20.2. The van der Waals surface area contributed by atoms with Crippen molar-refractivity contribution in [3.63, 3.8) is 0 Å². The lowest BCUT2D eigenvalue weighted by Crippen LogP contribution is -2.46. The molecule has 1 aliphatic heterocycles. The Kier molecular flexibility index (Phi) is 6.56. The number of carbonyl (C=O) groups is 1. The van der Waals surface area contributed by atoms with Gasteiger partial charge in [-0.05, 0) is 43.0 Å². The quantitative estimate of drug-likeness (QED) is 0.598. The second-order valence-electron chi connectivity index (χ2n) is 8.61. The molecule has 9 heteroatoms. The van der Waals surface area contributed by atoms with Crippen molar-refractivity contribution in [3.05, 3.63) is 59.5 Å². The summed E-state index contributed by atoms with van der Waals surface area (Å²) in [6.45, 7) is 4.85. The number of amides is 1. The number of pyridine rings is 1. The van der Waals surface area contributed by atoms with Gasteiger partial charge in [0.05, 0.1) is 11.6 Å². The van der Waals surface area contributed by atoms with Crippen molar-refractivity contribution in [2.24, 2.45) is 13.0 Å². The van der Waals surface area contributed by atoms with E-state index in [4.69, 9.17) is 4.74 Å². The molecule has 0 spiro atoms. The highest BCUT2D eigenvalue weighted by Gasteiger charge is 2.36. The Balaban J connectivity index is 1.56. The zero-order valence-electron chi connectivity index (χ0n) is 19.4. The summed E-state index contributed by atoms with van der Waals surface area (Å²) < 4.78 is 35.4. The number of carbonyl (C=O) groups excluding carboxylic acids is 1. The Morgan fingerprint density at radius 3 is 2.82 bits per heavy atom. The molecule has 1 aliphatic rings. The largest absolute Gasteiger partial charge is 0.380 e. The first-order valence-corrected chi connectivity index (χ1v) is 12.5. The minimum absolute atomic E-state index is 0.143. The van der Waals surface area contributed by atoms with Gasteiger partial charge in [0.1, 0.15) is 10.6 Å². The normalized spacial score (nSPS) is 19.6. The average Bonchev–Trinajstić information content (AvgIpc) is 3.12. The molecule has 0 aliphatic carbocycles. The van der Waals surface area contributed by atoms with Crippen LogP contribution in [0, 0.1) is 12.8 Å². The van der Waals surface area contributed by atoms with Crippen molar-refractivity contribution < 1.29 is 17.9 Å². The van der Waals surface area contributed by atoms with Crippen LogP contribution in [-0.2, 0) is 28.4 Å². The number of sulfonamides is 1. The maximum absolute atomic E-state index is 13.4. The van der Waals surface area contributed by atoms with Gasteiger partial charge in [-0.25, -0.2) is 8.42 Å². The van der Waals surface area contributed by atoms with E-state index in [2.05, 4.69) is 17.2 Å². The number of hydrogen-bond acceptors (Lipinski definition) is 5. The van der Waals surface area contributed by atoms with Crippen molar-refractivity contribution in [1.82, 2.24) is 19.2 Å². The third-order valence-electron chi connectivity index (χ3n) is 6.67. The van der Waals surface area contributed by atoms with E-state index >= 15 is 0 Å². The van der Waals surface area contributed by atoms with Crippen LogP contribution in [-0.4, -0.2) is 54.5 Å². The van der Waals surface area contributed by atoms with Crippen LogP contribution in [0.4, 0.5) is 0 Å². The highest BCUT2D eigenvalue weighted by atomic mass is 32.2. The van der Waals surface area contributed by atoms with Gasteiger partial charge in [0, 0.05) is 51.1 Å². The minimum atomic E-state index is -3.75. The number of fused-ring (bicyclic) bond motifs is 1. The van der Waals surface area contributed by atoms with Gasteiger partial charge in [0.15, 0.2) is 0 Å². The number of piperidine rings is 1. The van der Waals surface area contributed by atoms with Crippen molar-refractivity contribution >= 4 is 26.8 Å². The number of hydrogen-bond donors (Lipinski definition) is 1. The van der Waals surface area contributed by atoms with Crippen LogP contribution in [0.15, 0.2) is 47.5 Å². The fourth-order valence-electron chi connectivity index (χ4n) is 4.41. The number of ether oxygens (including phenoxy) is 1. The van der Waals surface area contributed by atoms with Gasteiger partial charge in [-0.15, -0.1) is 0 Å². The molecule has 1 N–H and O–H groups in total. The highest BCUT2D eigenvalue weighted by Crippen LogP contribution is 2.28. The van der Waals surface area contributed by atoms with E-state index in [0.717, 1.165) is 22.9 Å². The van der Waals surface area contributed by atoms with Crippen molar-refractivity contribution in [1.29, 1.82) is 0 Å². The standard InChI is InChI=1S/C24H30N4O4S/c1-16-10-12-28(15-22(16)32-4)33(30,31)23-13-21(27(3)17(23)2)24(29)26-14-18-7-5-9-20-19(18)8-6-11-25-20/h5-9,11,13,16,22H,10,12,14-15H2,1-4H3,(H,26,29)/t16-,22-/m0/s1. The monoisotopic (exact) mass is 470 g/mol. The first-order chi connectivity index (χ1) is 15.7. The first kappa shape index (κ1) is 23.4. The smallest absolute Gasteiger partial charge is 0.268 e. The van der Waals surface area contributed by atoms with Gasteiger partial charge >= 0.3 is 0 Å². The second-order valence-corrected chi connectivity index (χ2v) is 10.5. The van der Waals surface area contributed by atoms with E-state index in [9.17, 15) is 13.2 Å². The van der Waals surface area contributed by atoms with E-state index in [-0.39, 0.29) is 16.9 Å². The van der Waals surface area contributed by atoms with Crippen LogP contribution in [0.3, 0.4) is 0 Å². The zero-order chi connectivity index (χ0) is 23.8. The minimum Gasteiger partial charge on any atom is -0.380 e. The summed E-state index contributed by atoms with van der Waals surface area (Å²) in [6, 6.07) is 11.1. The van der Waals surface area contributed by atoms with E-state index in [1.54, 1.807) is 31.8 Å². The van der Waals surface area contributed by atoms with Gasteiger partial charge < -0.3 is 14.6 Å². The molecule has 1 aromatic carbocycles. The topological polar surface area (TPSA) is 93.5 Å². The molecule has 0 bridgehead atoms. The molecule has 1 amide bonds. The van der Waals surface area contributed by atoms with Crippen LogP contribution in [0.5, 0.6) is 0 Å². The van der Waals surface area contributed by atoms with E-state index in [1.165, 1.54) is 10.4 Å². The Morgan fingerprint density at radius 2 is 2.06 bits per heavy atom. The molecule has 33 heavy (non-hydrogen) atoms. The highest BCUT2D eigenvalue weighted by molar-refractivity contribution is 7.89. The molecule has 176 valence electrons. The molecular formula is C24H30N4O4S. The molecule has 3 aromatic rings. The molecule has 0 radical (unpaired) electrons. The van der Waals surface area contributed by atoms with Crippen molar-refractivity contribution in [2.45, 2.75) is 37.8 Å². The average molecular weight is 471 g/mol. The fourth-order valence-corrected chi connectivity index (χ4v) is 6.15. The number of nitrogens with one attached hydrogen (secondary N) is 1. The predicted molar refractivity (Wildman–Crippen MR) is 126 cm³/mol. The molecule has 0 unspecified atom stereocenters. The molecule has 1 saturated heterocycles. The molecule has 0 saturated carbocycles. The van der Waals surface area contributed by atoms with Gasteiger partial charge in [0.2, 0.25) is 10.0 Å². The lowest BCUT2D eigenvalue weighted by Gasteiger charge is -2.35. The molecule has 2 atom stereocenters. The third kappa shape index (κ3) is 4.40. The fraction of sp³-hybridized carbons (Fsp3) is 0.417. The molecule has 8 nitrogen and oxygen atoms in total. The molecule has 1 fully saturated rings. The second kappa shape index (κ2) is 9.24.